The van der Waals surface area contributed by atoms with Crippen LogP contribution in [-0.4, -0.2) is 40.8 Å². The minimum Gasteiger partial charge on any atom is -0.508 e. The molecule has 0 aliphatic carbocycles. The molecule has 164 valence electrons. The summed E-state index contributed by atoms with van der Waals surface area (Å²) in [6.45, 7) is 2.31. The number of amides is 1. The van der Waals surface area contributed by atoms with Crippen molar-refractivity contribution in [1.82, 2.24) is 20.8 Å². The van der Waals surface area contributed by atoms with Crippen molar-refractivity contribution in [2.24, 2.45) is 17.4 Å². The van der Waals surface area contributed by atoms with Crippen LogP contribution >= 0.6 is 0 Å². The smallest absolute Gasteiger partial charge is 0.238 e. The number of aromatic nitrogens is 2. The van der Waals surface area contributed by atoms with Crippen LogP contribution in [-0.2, 0) is 11.2 Å². The Balaban J connectivity index is 1.65. The Labute approximate surface area is 176 Å². The van der Waals surface area contributed by atoms with Gasteiger partial charge in [0.1, 0.15) is 11.8 Å². The molecular formula is C21H32N6O3. The molecule has 1 aliphatic rings. The molecule has 0 saturated carbocycles. The topological polar surface area (TPSA) is 152 Å². The minimum atomic E-state index is -0.472. The highest BCUT2D eigenvalue weighted by atomic mass is 16.4. The van der Waals surface area contributed by atoms with Crippen LogP contribution < -0.4 is 22.1 Å². The van der Waals surface area contributed by atoms with Gasteiger partial charge < -0.3 is 31.6 Å². The van der Waals surface area contributed by atoms with Gasteiger partial charge >= 0.3 is 0 Å². The highest BCUT2D eigenvalue weighted by Crippen LogP contribution is 2.23. The van der Waals surface area contributed by atoms with Crippen LogP contribution in [0.5, 0.6) is 5.75 Å². The largest absolute Gasteiger partial charge is 0.508 e. The highest BCUT2D eigenvalue weighted by molar-refractivity contribution is 5.79. The summed E-state index contributed by atoms with van der Waals surface area (Å²) < 4.78 is 5.87. The summed E-state index contributed by atoms with van der Waals surface area (Å²) in [4.78, 5) is 12.7. The summed E-state index contributed by atoms with van der Waals surface area (Å²) in [7, 11) is 0. The Hall–Kier alpha value is -2.49. The molecular weight excluding hydrogens is 384 g/mol. The van der Waals surface area contributed by atoms with Crippen molar-refractivity contribution in [1.29, 1.82) is 0 Å². The normalized spacial score (nSPS) is 16.9. The Morgan fingerprint density at radius 2 is 1.90 bits per heavy atom. The summed E-state index contributed by atoms with van der Waals surface area (Å²) in [5.74, 6) is 0.950. The number of aromatic hydroxyl groups is 1. The molecule has 1 aromatic carbocycles. The number of hydrogen-bond donors (Lipinski definition) is 5. The SMILES string of the molecule is NCCCC[C@H](NC(=O)C1CCNCC1)c1nnc([C@@H](N)Cc2ccc(O)cc2)o1. The van der Waals surface area contributed by atoms with E-state index in [1.165, 1.54) is 0 Å². The van der Waals surface area contributed by atoms with Gasteiger partial charge in [0.25, 0.3) is 0 Å². The van der Waals surface area contributed by atoms with Gasteiger partial charge in [-0.15, -0.1) is 10.2 Å². The van der Waals surface area contributed by atoms with Crippen molar-refractivity contribution >= 4 is 5.91 Å². The second-order valence-corrected chi connectivity index (χ2v) is 7.83. The first kappa shape index (κ1) is 22.2. The van der Waals surface area contributed by atoms with Crippen molar-refractivity contribution in [2.75, 3.05) is 19.6 Å². The lowest BCUT2D eigenvalue weighted by atomic mass is 9.96. The van der Waals surface area contributed by atoms with E-state index in [2.05, 4.69) is 20.8 Å². The van der Waals surface area contributed by atoms with Crippen LogP contribution in [0.1, 0.15) is 61.5 Å². The van der Waals surface area contributed by atoms with Crippen molar-refractivity contribution < 1.29 is 14.3 Å². The van der Waals surface area contributed by atoms with E-state index in [1.54, 1.807) is 24.3 Å². The summed E-state index contributed by atoms with van der Waals surface area (Å²) in [5.41, 5.74) is 12.8. The Morgan fingerprint density at radius 1 is 1.20 bits per heavy atom. The average Bonchev–Trinajstić information content (AvgIpc) is 3.26. The molecule has 1 saturated heterocycles. The fraction of sp³-hybridized carbons (Fsp3) is 0.571. The van der Waals surface area contributed by atoms with Gasteiger partial charge in [-0.25, -0.2) is 0 Å². The second-order valence-electron chi connectivity index (χ2n) is 7.83. The van der Waals surface area contributed by atoms with Crippen LogP contribution in [0.2, 0.25) is 0 Å². The Kier molecular flexibility index (Phi) is 8.18. The van der Waals surface area contributed by atoms with Crippen LogP contribution in [0.3, 0.4) is 0 Å². The molecule has 0 unspecified atom stereocenters. The first-order valence-corrected chi connectivity index (χ1v) is 10.6. The molecule has 2 heterocycles. The van der Waals surface area contributed by atoms with Crippen LogP contribution in [0, 0.1) is 5.92 Å². The molecule has 9 heteroatoms. The van der Waals surface area contributed by atoms with Gasteiger partial charge in [0.05, 0.1) is 6.04 Å². The van der Waals surface area contributed by atoms with E-state index in [1.807, 2.05) is 0 Å². The highest BCUT2D eigenvalue weighted by Gasteiger charge is 2.27. The maximum atomic E-state index is 12.7. The van der Waals surface area contributed by atoms with Crippen LogP contribution in [0.4, 0.5) is 0 Å². The number of hydrogen-bond acceptors (Lipinski definition) is 8. The zero-order valence-electron chi connectivity index (χ0n) is 17.2. The number of benzene rings is 1. The second kappa shape index (κ2) is 11.1. The zero-order valence-corrected chi connectivity index (χ0v) is 17.2. The first-order chi connectivity index (χ1) is 14.6. The maximum Gasteiger partial charge on any atom is 0.238 e. The Morgan fingerprint density at radius 3 is 2.60 bits per heavy atom. The van der Waals surface area contributed by atoms with Gasteiger partial charge in [0, 0.05) is 5.92 Å². The number of phenolic OH excluding ortho intramolecular Hbond substituents is 1. The van der Waals surface area contributed by atoms with Crippen molar-refractivity contribution in [3.05, 3.63) is 41.6 Å². The number of carbonyl (C=O) groups excluding carboxylic acids is 1. The third-order valence-corrected chi connectivity index (χ3v) is 5.44. The van der Waals surface area contributed by atoms with Crippen molar-refractivity contribution in [3.63, 3.8) is 0 Å². The molecule has 7 N–H and O–H groups in total. The summed E-state index contributed by atoms with van der Waals surface area (Å²) >= 11 is 0. The van der Waals surface area contributed by atoms with E-state index in [-0.39, 0.29) is 23.6 Å². The van der Waals surface area contributed by atoms with Crippen LogP contribution in [0.25, 0.3) is 0 Å². The van der Waals surface area contributed by atoms with Crippen molar-refractivity contribution in [2.45, 2.75) is 50.6 Å². The zero-order chi connectivity index (χ0) is 21.3. The van der Waals surface area contributed by atoms with Gasteiger partial charge in [-0.05, 0) is 75.9 Å². The Bertz CT molecular complexity index is 788. The fourth-order valence-corrected chi connectivity index (χ4v) is 3.63. The van der Waals surface area contributed by atoms with Gasteiger partial charge in [0.2, 0.25) is 17.7 Å². The molecule has 1 amide bonds. The number of unbranched alkanes of at least 4 members (excludes halogenated alkanes) is 1. The number of rotatable bonds is 10. The van der Waals surface area contributed by atoms with E-state index in [4.69, 9.17) is 15.9 Å². The molecule has 2 aromatic rings. The molecule has 2 atom stereocenters. The quantitative estimate of drug-likeness (QED) is 0.363. The number of nitrogens with one attached hydrogen (secondary N) is 2. The predicted octanol–water partition coefficient (Wildman–Crippen LogP) is 1.30. The predicted molar refractivity (Wildman–Crippen MR) is 112 cm³/mol. The molecule has 1 fully saturated rings. The molecule has 30 heavy (non-hydrogen) atoms. The monoisotopic (exact) mass is 416 g/mol. The van der Waals surface area contributed by atoms with E-state index in [9.17, 15) is 9.90 Å². The number of carbonyl (C=O) groups is 1. The third kappa shape index (κ3) is 6.25. The number of nitrogens with two attached hydrogens (primary N) is 2. The van der Waals surface area contributed by atoms with Gasteiger partial charge in [-0.1, -0.05) is 12.1 Å². The summed E-state index contributed by atoms with van der Waals surface area (Å²) in [5, 5.41) is 24.1. The summed E-state index contributed by atoms with van der Waals surface area (Å²) in [6, 6.07) is 6.03. The first-order valence-electron chi connectivity index (χ1n) is 10.6. The van der Waals surface area contributed by atoms with Gasteiger partial charge in [0.15, 0.2) is 0 Å². The van der Waals surface area contributed by atoms with Crippen LogP contribution in [0.15, 0.2) is 28.7 Å². The molecule has 0 radical (unpaired) electrons. The van der Waals surface area contributed by atoms with E-state index in [0.29, 0.717) is 31.2 Å². The van der Waals surface area contributed by atoms with E-state index in [0.717, 1.165) is 44.3 Å². The molecule has 0 bridgehead atoms. The minimum absolute atomic E-state index is 0.00223. The standard InChI is InChI=1S/C21H32N6O3/c22-10-2-1-3-18(25-19(29)15-8-11-24-12-9-15)21-27-26-20(30-21)17(23)13-14-4-6-16(28)7-5-14/h4-7,15,17-18,24,28H,1-3,8-13,22-23H2,(H,25,29)/t17-,18-/m0/s1. The van der Waals surface area contributed by atoms with E-state index < -0.39 is 6.04 Å². The lowest BCUT2D eigenvalue weighted by Gasteiger charge is -2.24. The molecule has 3 rings (SSSR count). The molecule has 9 nitrogen and oxygen atoms in total. The maximum absolute atomic E-state index is 12.7. The lowest BCUT2D eigenvalue weighted by Crippen LogP contribution is -2.39. The van der Waals surface area contributed by atoms with Gasteiger partial charge in [-0.3, -0.25) is 4.79 Å². The third-order valence-electron chi connectivity index (χ3n) is 5.44. The molecule has 0 spiro atoms. The number of nitrogens with zero attached hydrogens (tertiary/aromatic N) is 2. The van der Waals surface area contributed by atoms with Gasteiger partial charge in [-0.2, -0.15) is 0 Å². The lowest BCUT2D eigenvalue weighted by molar-refractivity contribution is -0.126. The summed E-state index contributed by atoms with van der Waals surface area (Å²) in [6.07, 6.45) is 4.55. The fourth-order valence-electron chi connectivity index (χ4n) is 3.63. The number of piperidine rings is 1. The van der Waals surface area contributed by atoms with Crippen molar-refractivity contribution in [3.8, 4) is 5.75 Å². The van der Waals surface area contributed by atoms with E-state index >= 15 is 0 Å². The average molecular weight is 417 g/mol. The number of phenols is 1. The molecule has 1 aromatic heterocycles. The molecule has 1 aliphatic heterocycles.